The summed E-state index contributed by atoms with van der Waals surface area (Å²) in [5.41, 5.74) is -0.143. The van der Waals surface area contributed by atoms with E-state index in [1.54, 1.807) is 0 Å². The summed E-state index contributed by atoms with van der Waals surface area (Å²) < 4.78 is 5.46. The zero-order valence-electron chi connectivity index (χ0n) is 7.36. The SMILES string of the molecule is CCOC(C)(C)CC(Cl)CCl. The van der Waals surface area contributed by atoms with E-state index in [1.165, 1.54) is 0 Å². The first-order valence-corrected chi connectivity index (χ1v) is 4.83. The van der Waals surface area contributed by atoms with Crippen LogP contribution in [-0.2, 0) is 4.74 Å². The Kier molecular flexibility index (Phi) is 5.49. The number of hydrogen-bond donors (Lipinski definition) is 0. The van der Waals surface area contributed by atoms with Gasteiger partial charge in [0.25, 0.3) is 0 Å². The fourth-order valence-corrected chi connectivity index (χ4v) is 1.52. The fraction of sp³-hybridized carbons (Fsp3) is 1.00. The summed E-state index contributed by atoms with van der Waals surface area (Å²) in [6, 6.07) is 0. The Hall–Kier alpha value is 0.540. The monoisotopic (exact) mass is 198 g/mol. The highest BCUT2D eigenvalue weighted by Crippen LogP contribution is 2.20. The maximum absolute atomic E-state index is 5.87. The van der Waals surface area contributed by atoms with E-state index in [9.17, 15) is 0 Å². The normalized spacial score (nSPS) is 15.0. The van der Waals surface area contributed by atoms with Gasteiger partial charge in [-0.25, -0.2) is 0 Å². The maximum atomic E-state index is 5.87. The number of rotatable bonds is 5. The van der Waals surface area contributed by atoms with Gasteiger partial charge in [0.15, 0.2) is 0 Å². The van der Waals surface area contributed by atoms with Crippen molar-refractivity contribution in [2.24, 2.45) is 0 Å². The van der Waals surface area contributed by atoms with Crippen LogP contribution in [0.4, 0.5) is 0 Å². The molecule has 0 saturated carbocycles. The largest absolute Gasteiger partial charge is 0.376 e. The number of alkyl halides is 2. The molecular formula is C8H16Cl2O. The van der Waals surface area contributed by atoms with Crippen molar-refractivity contribution in [3.63, 3.8) is 0 Å². The first-order valence-electron chi connectivity index (χ1n) is 3.86. The minimum Gasteiger partial charge on any atom is -0.376 e. The van der Waals surface area contributed by atoms with E-state index < -0.39 is 0 Å². The lowest BCUT2D eigenvalue weighted by atomic mass is 10.0. The number of halogens is 2. The second-order valence-electron chi connectivity index (χ2n) is 3.15. The van der Waals surface area contributed by atoms with Gasteiger partial charge in [-0.15, -0.1) is 23.2 Å². The topological polar surface area (TPSA) is 9.23 Å². The van der Waals surface area contributed by atoms with Crippen LogP contribution >= 0.6 is 23.2 Å². The molecule has 0 aromatic heterocycles. The first-order chi connectivity index (χ1) is 5.02. The van der Waals surface area contributed by atoms with Gasteiger partial charge in [0.05, 0.1) is 5.60 Å². The zero-order chi connectivity index (χ0) is 8.91. The number of ether oxygens (including phenoxy) is 1. The quantitative estimate of drug-likeness (QED) is 0.618. The highest BCUT2D eigenvalue weighted by molar-refractivity contribution is 6.28. The van der Waals surface area contributed by atoms with E-state index in [2.05, 4.69) is 0 Å². The van der Waals surface area contributed by atoms with Crippen molar-refractivity contribution in [3.05, 3.63) is 0 Å². The lowest BCUT2D eigenvalue weighted by Crippen LogP contribution is -2.28. The van der Waals surface area contributed by atoms with Gasteiger partial charge in [0, 0.05) is 17.9 Å². The van der Waals surface area contributed by atoms with Crippen molar-refractivity contribution in [1.82, 2.24) is 0 Å². The van der Waals surface area contributed by atoms with Crippen LogP contribution in [0, 0.1) is 0 Å². The van der Waals surface area contributed by atoms with Crippen LogP contribution in [0.25, 0.3) is 0 Å². The smallest absolute Gasteiger partial charge is 0.0640 e. The Labute approximate surface area is 79.0 Å². The molecule has 0 aromatic rings. The third kappa shape index (κ3) is 5.77. The lowest BCUT2D eigenvalue weighted by molar-refractivity contribution is -0.0156. The minimum atomic E-state index is -0.143. The van der Waals surface area contributed by atoms with Crippen molar-refractivity contribution < 1.29 is 4.74 Å². The molecule has 1 atom stereocenters. The van der Waals surface area contributed by atoms with Crippen molar-refractivity contribution in [3.8, 4) is 0 Å². The van der Waals surface area contributed by atoms with Gasteiger partial charge in [-0.1, -0.05) is 0 Å². The second-order valence-corrected chi connectivity index (χ2v) is 4.07. The van der Waals surface area contributed by atoms with Crippen molar-refractivity contribution in [2.45, 2.75) is 38.2 Å². The van der Waals surface area contributed by atoms with Crippen LogP contribution in [-0.4, -0.2) is 23.5 Å². The molecule has 1 nitrogen and oxygen atoms in total. The summed E-state index contributed by atoms with van der Waals surface area (Å²) >= 11 is 11.4. The molecule has 0 aliphatic carbocycles. The molecule has 68 valence electrons. The van der Waals surface area contributed by atoms with Crippen LogP contribution in [0.2, 0.25) is 0 Å². The summed E-state index contributed by atoms with van der Waals surface area (Å²) in [6.07, 6.45) is 0.798. The van der Waals surface area contributed by atoms with Gasteiger partial charge in [-0.05, 0) is 27.2 Å². The molecule has 0 fully saturated rings. The Morgan fingerprint density at radius 1 is 1.45 bits per heavy atom. The fourth-order valence-electron chi connectivity index (χ4n) is 1.04. The van der Waals surface area contributed by atoms with Gasteiger partial charge >= 0.3 is 0 Å². The standard InChI is InChI=1S/C8H16Cl2O/c1-4-11-8(2,3)5-7(10)6-9/h7H,4-6H2,1-3H3. The molecular weight excluding hydrogens is 183 g/mol. The van der Waals surface area contributed by atoms with E-state index in [0.717, 1.165) is 13.0 Å². The Balaban J connectivity index is 3.70. The van der Waals surface area contributed by atoms with Gasteiger partial charge in [-0.3, -0.25) is 0 Å². The van der Waals surface area contributed by atoms with Gasteiger partial charge < -0.3 is 4.74 Å². The van der Waals surface area contributed by atoms with Crippen LogP contribution in [0.15, 0.2) is 0 Å². The minimum absolute atomic E-state index is 0.0122. The van der Waals surface area contributed by atoms with Crippen molar-refractivity contribution in [1.29, 1.82) is 0 Å². The van der Waals surface area contributed by atoms with Crippen molar-refractivity contribution in [2.75, 3.05) is 12.5 Å². The van der Waals surface area contributed by atoms with E-state index in [-0.39, 0.29) is 11.0 Å². The lowest BCUT2D eigenvalue weighted by Gasteiger charge is -2.26. The summed E-state index contributed by atoms with van der Waals surface area (Å²) in [7, 11) is 0. The van der Waals surface area contributed by atoms with E-state index in [1.807, 2.05) is 20.8 Å². The average molecular weight is 199 g/mol. The van der Waals surface area contributed by atoms with Crippen LogP contribution in [0.3, 0.4) is 0 Å². The van der Waals surface area contributed by atoms with Crippen LogP contribution in [0.5, 0.6) is 0 Å². The van der Waals surface area contributed by atoms with E-state index in [0.29, 0.717) is 5.88 Å². The molecule has 0 aliphatic rings. The van der Waals surface area contributed by atoms with E-state index in [4.69, 9.17) is 27.9 Å². The molecule has 11 heavy (non-hydrogen) atoms. The van der Waals surface area contributed by atoms with Crippen LogP contribution < -0.4 is 0 Å². The third-order valence-corrected chi connectivity index (χ3v) is 2.25. The molecule has 0 aromatic carbocycles. The Morgan fingerprint density at radius 3 is 2.36 bits per heavy atom. The molecule has 0 rings (SSSR count). The molecule has 1 unspecified atom stereocenters. The predicted molar refractivity (Wildman–Crippen MR) is 50.7 cm³/mol. The first kappa shape index (κ1) is 11.5. The summed E-state index contributed by atoms with van der Waals surface area (Å²) in [6.45, 7) is 6.75. The summed E-state index contributed by atoms with van der Waals surface area (Å²) in [5, 5.41) is 0.0122. The average Bonchev–Trinajstić information content (AvgIpc) is 1.86. The Bertz CT molecular complexity index is 104. The van der Waals surface area contributed by atoms with Gasteiger partial charge in [-0.2, -0.15) is 0 Å². The van der Waals surface area contributed by atoms with Gasteiger partial charge in [0.1, 0.15) is 0 Å². The molecule has 0 saturated heterocycles. The maximum Gasteiger partial charge on any atom is 0.0640 e. The van der Waals surface area contributed by atoms with E-state index >= 15 is 0 Å². The molecule has 3 heteroatoms. The summed E-state index contributed by atoms with van der Waals surface area (Å²) in [5.74, 6) is 0.484. The third-order valence-electron chi connectivity index (χ3n) is 1.42. The van der Waals surface area contributed by atoms with Gasteiger partial charge in [0.2, 0.25) is 0 Å². The highest BCUT2D eigenvalue weighted by Gasteiger charge is 2.21. The molecule has 0 heterocycles. The molecule has 0 spiro atoms. The Morgan fingerprint density at radius 2 is 2.00 bits per heavy atom. The molecule has 0 amide bonds. The molecule has 0 bridgehead atoms. The number of hydrogen-bond acceptors (Lipinski definition) is 1. The highest BCUT2D eigenvalue weighted by atomic mass is 35.5. The zero-order valence-corrected chi connectivity index (χ0v) is 8.87. The molecule has 0 N–H and O–H groups in total. The van der Waals surface area contributed by atoms with Crippen LogP contribution in [0.1, 0.15) is 27.2 Å². The summed E-state index contributed by atoms with van der Waals surface area (Å²) in [4.78, 5) is 0. The molecule has 0 aliphatic heterocycles. The predicted octanol–water partition coefficient (Wildman–Crippen LogP) is 3.04. The molecule has 0 radical (unpaired) electrons. The second kappa shape index (κ2) is 5.23. The van der Waals surface area contributed by atoms with Crippen molar-refractivity contribution >= 4 is 23.2 Å².